The number of anilines is 1. The third-order valence-electron chi connectivity index (χ3n) is 5.98. The van der Waals surface area contributed by atoms with Crippen molar-refractivity contribution in [3.05, 3.63) is 70.9 Å². The number of rotatable bonds is 9. The normalized spacial score (nSPS) is 18.1. The van der Waals surface area contributed by atoms with Crippen molar-refractivity contribution < 1.29 is 24.2 Å². The van der Waals surface area contributed by atoms with Crippen molar-refractivity contribution in [2.45, 2.75) is 26.3 Å². The van der Waals surface area contributed by atoms with Gasteiger partial charge in [-0.1, -0.05) is 44.2 Å². The molecule has 0 radical (unpaired) electrons. The zero-order valence-corrected chi connectivity index (χ0v) is 20.0. The first-order valence-electron chi connectivity index (χ1n) is 11.3. The number of benzene rings is 2. The number of aliphatic hydroxyl groups excluding tert-OH is 1. The standard InChI is InChI=1S/C27H27NO5S/c1-17(2)25(30)23-24(21-6-3-4-7-22(21)33-14-5-13-29)28(27(32)26(23)31)20-10-8-18(9-11-20)19-12-15-34-16-19/h3-4,6-12,15-17,23-24,29H,5,13-14H2,1-2H3. The van der Waals surface area contributed by atoms with Crippen molar-refractivity contribution in [2.75, 3.05) is 18.1 Å². The van der Waals surface area contributed by atoms with E-state index in [0.717, 1.165) is 11.1 Å². The Morgan fingerprint density at radius 3 is 2.44 bits per heavy atom. The molecule has 0 bridgehead atoms. The van der Waals surface area contributed by atoms with E-state index in [1.165, 1.54) is 4.90 Å². The van der Waals surface area contributed by atoms with Crippen molar-refractivity contribution in [1.29, 1.82) is 0 Å². The molecule has 4 rings (SSSR count). The largest absolute Gasteiger partial charge is 0.493 e. The van der Waals surface area contributed by atoms with Gasteiger partial charge in [0.2, 0.25) is 5.78 Å². The van der Waals surface area contributed by atoms with E-state index in [9.17, 15) is 14.4 Å². The molecule has 0 aliphatic carbocycles. The van der Waals surface area contributed by atoms with Crippen molar-refractivity contribution in [3.63, 3.8) is 0 Å². The lowest BCUT2D eigenvalue weighted by atomic mass is 9.84. The molecule has 1 aliphatic rings. The van der Waals surface area contributed by atoms with Crippen LogP contribution >= 0.6 is 11.3 Å². The molecule has 1 aromatic heterocycles. The highest BCUT2D eigenvalue weighted by Gasteiger charge is 2.53. The van der Waals surface area contributed by atoms with Crippen LogP contribution in [0.3, 0.4) is 0 Å². The fraction of sp³-hybridized carbons (Fsp3) is 0.296. The van der Waals surface area contributed by atoms with Gasteiger partial charge in [-0.05, 0) is 46.2 Å². The van der Waals surface area contributed by atoms with E-state index in [1.54, 1.807) is 49.4 Å². The fourth-order valence-electron chi connectivity index (χ4n) is 4.26. The summed E-state index contributed by atoms with van der Waals surface area (Å²) in [6, 6.07) is 15.8. The number of carbonyl (C=O) groups is 3. The SMILES string of the molecule is CC(C)C(=O)C1C(=O)C(=O)N(c2ccc(-c3ccsc3)cc2)C1c1ccccc1OCCCO. The highest BCUT2D eigenvalue weighted by Crippen LogP contribution is 2.44. The molecule has 0 spiro atoms. The van der Waals surface area contributed by atoms with Crippen molar-refractivity contribution in [3.8, 4) is 16.9 Å². The van der Waals surface area contributed by atoms with Crippen LogP contribution in [0.1, 0.15) is 31.9 Å². The van der Waals surface area contributed by atoms with E-state index in [-0.39, 0.29) is 19.0 Å². The number of hydrogen-bond acceptors (Lipinski definition) is 6. The lowest BCUT2D eigenvalue weighted by Gasteiger charge is -2.29. The van der Waals surface area contributed by atoms with Gasteiger partial charge < -0.3 is 9.84 Å². The minimum Gasteiger partial charge on any atom is -0.493 e. The molecule has 3 aromatic rings. The quantitative estimate of drug-likeness (QED) is 0.275. The summed E-state index contributed by atoms with van der Waals surface area (Å²) in [6.07, 6.45) is 0.443. The van der Waals surface area contributed by atoms with E-state index < -0.39 is 29.6 Å². The number of amides is 1. The second-order valence-electron chi connectivity index (χ2n) is 8.54. The molecule has 1 fully saturated rings. The summed E-state index contributed by atoms with van der Waals surface area (Å²) in [6.45, 7) is 3.73. The van der Waals surface area contributed by atoms with Gasteiger partial charge in [-0.25, -0.2) is 0 Å². The summed E-state index contributed by atoms with van der Waals surface area (Å²) in [7, 11) is 0. The van der Waals surface area contributed by atoms with Crippen LogP contribution in [-0.4, -0.2) is 35.8 Å². The number of Topliss-reactive ketones (excluding diaryl/α,β-unsaturated/α-hetero) is 2. The van der Waals surface area contributed by atoms with E-state index in [0.29, 0.717) is 23.4 Å². The van der Waals surface area contributed by atoms with Gasteiger partial charge in [0, 0.05) is 30.2 Å². The van der Waals surface area contributed by atoms with Gasteiger partial charge in [0.1, 0.15) is 17.5 Å². The Kier molecular flexibility index (Phi) is 7.24. The van der Waals surface area contributed by atoms with Crippen LogP contribution in [0.4, 0.5) is 5.69 Å². The van der Waals surface area contributed by atoms with Crippen LogP contribution in [0.15, 0.2) is 65.4 Å². The summed E-state index contributed by atoms with van der Waals surface area (Å²) in [5.41, 5.74) is 3.22. The maximum absolute atomic E-state index is 13.3. The van der Waals surface area contributed by atoms with Gasteiger partial charge in [0.25, 0.3) is 5.91 Å². The molecule has 34 heavy (non-hydrogen) atoms. The van der Waals surface area contributed by atoms with Crippen LogP contribution in [0.5, 0.6) is 5.75 Å². The predicted octanol–water partition coefficient (Wildman–Crippen LogP) is 4.67. The van der Waals surface area contributed by atoms with E-state index in [1.807, 2.05) is 41.1 Å². The average molecular weight is 478 g/mol. The summed E-state index contributed by atoms with van der Waals surface area (Å²) in [5, 5.41) is 13.2. The number of nitrogens with zero attached hydrogens (tertiary/aromatic N) is 1. The Morgan fingerprint density at radius 1 is 1.06 bits per heavy atom. The second-order valence-corrected chi connectivity index (χ2v) is 9.32. The third kappa shape index (κ3) is 4.54. The number of carbonyl (C=O) groups excluding carboxylic acids is 3. The maximum atomic E-state index is 13.3. The molecular weight excluding hydrogens is 450 g/mol. The molecule has 0 saturated carbocycles. The minimum atomic E-state index is -1.12. The molecule has 2 unspecified atom stereocenters. The van der Waals surface area contributed by atoms with Gasteiger partial charge >= 0.3 is 0 Å². The van der Waals surface area contributed by atoms with Gasteiger partial charge in [-0.3, -0.25) is 19.3 Å². The lowest BCUT2D eigenvalue weighted by Crippen LogP contribution is -2.32. The molecule has 176 valence electrons. The van der Waals surface area contributed by atoms with E-state index >= 15 is 0 Å². The zero-order chi connectivity index (χ0) is 24.2. The maximum Gasteiger partial charge on any atom is 0.295 e. The number of aliphatic hydroxyl groups is 1. The number of para-hydroxylation sites is 1. The Labute approximate surface area is 202 Å². The topological polar surface area (TPSA) is 83.9 Å². The monoisotopic (exact) mass is 477 g/mol. The number of thiophene rings is 1. The van der Waals surface area contributed by atoms with Crippen molar-refractivity contribution in [1.82, 2.24) is 0 Å². The van der Waals surface area contributed by atoms with Gasteiger partial charge in [0.05, 0.1) is 12.6 Å². The predicted molar refractivity (Wildman–Crippen MR) is 132 cm³/mol. The smallest absolute Gasteiger partial charge is 0.295 e. The zero-order valence-electron chi connectivity index (χ0n) is 19.1. The van der Waals surface area contributed by atoms with Gasteiger partial charge in [-0.15, -0.1) is 0 Å². The summed E-state index contributed by atoms with van der Waals surface area (Å²) < 4.78 is 5.88. The second kappa shape index (κ2) is 10.3. The summed E-state index contributed by atoms with van der Waals surface area (Å²) in [4.78, 5) is 41.0. The minimum absolute atomic E-state index is 0.0143. The van der Waals surface area contributed by atoms with Crippen molar-refractivity contribution in [2.24, 2.45) is 11.8 Å². The van der Waals surface area contributed by atoms with Gasteiger partial charge in [-0.2, -0.15) is 11.3 Å². The number of ether oxygens (including phenoxy) is 1. The first-order valence-corrected chi connectivity index (χ1v) is 12.2. The first kappa shape index (κ1) is 23.9. The molecule has 2 aromatic carbocycles. The molecule has 1 aliphatic heterocycles. The summed E-state index contributed by atoms with van der Waals surface area (Å²) >= 11 is 1.60. The fourth-order valence-corrected chi connectivity index (χ4v) is 4.92. The Bertz CT molecular complexity index is 1170. The average Bonchev–Trinajstić information content (AvgIpc) is 3.47. The third-order valence-corrected chi connectivity index (χ3v) is 6.66. The van der Waals surface area contributed by atoms with Crippen LogP contribution in [-0.2, 0) is 14.4 Å². The lowest BCUT2D eigenvalue weighted by molar-refractivity contribution is -0.139. The van der Waals surface area contributed by atoms with E-state index in [4.69, 9.17) is 9.84 Å². The highest BCUT2D eigenvalue weighted by molar-refractivity contribution is 7.08. The molecule has 1 amide bonds. The van der Waals surface area contributed by atoms with Gasteiger partial charge in [0.15, 0.2) is 0 Å². The molecule has 6 nitrogen and oxygen atoms in total. The van der Waals surface area contributed by atoms with Crippen LogP contribution in [0.2, 0.25) is 0 Å². The van der Waals surface area contributed by atoms with Crippen LogP contribution in [0, 0.1) is 11.8 Å². The highest BCUT2D eigenvalue weighted by atomic mass is 32.1. The number of ketones is 2. The van der Waals surface area contributed by atoms with Crippen LogP contribution in [0.25, 0.3) is 11.1 Å². The molecule has 2 heterocycles. The Balaban J connectivity index is 1.79. The molecule has 2 atom stereocenters. The van der Waals surface area contributed by atoms with Crippen LogP contribution < -0.4 is 9.64 Å². The Hall–Kier alpha value is -3.29. The molecule has 1 saturated heterocycles. The molecule has 1 N–H and O–H groups in total. The molecule has 7 heteroatoms. The summed E-state index contributed by atoms with van der Waals surface area (Å²) in [5.74, 6) is -2.71. The number of hydrogen-bond donors (Lipinski definition) is 1. The Morgan fingerprint density at radius 2 is 1.79 bits per heavy atom. The van der Waals surface area contributed by atoms with Crippen molar-refractivity contribution >= 4 is 34.5 Å². The van der Waals surface area contributed by atoms with E-state index in [2.05, 4.69) is 0 Å². The molecular formula is C27H27NO5S. The first-order chi connectivity index (χ1) is 16.4.